The first-order chi connectivity index (χ1) is 10.5. The Hall–Kier alpha value is -2.14. The van der Waals surface area contributed by atoms with Gasteiger partial charge in [-0.25, -0.2) is 0 Å². The molecule has 22 heavy (non-hydrogen) atoms. The normalized spacial score (nSPS) is 12.0. The summed E-state index contributed by atoms with van der Waals surface area (Å²) in [4.78, 5) is 24.5. The van der Waals surface area contributed by atoms with Gasteiger partial charge in [0.05, 0.1) is 6.04 Å². The number of hydrogen-bond acceptors (Lipinski definition) is 3. The van der Waals surface area contributed by atoms with Crippen molar-refractivity contribution in [2.24, 2.45) is 5.92 Å². The number of hydrogen-bond donors (Lipinski definition) is 2. The predicted octanol–water partition coefficient (Wildman–Crippen LogP) is 3.83. The van der Waals surface area contributed by atoms with E-state index in [9.17, 15) is 9.59 Å². The third-order valence-corrected chi connectivity index (χ3v) is 4.23. The van der Waals surface area contributed by atoms with Gasteiger partial charge < -0.3 is 10.6 Å². The van der Waals surface area contributed by atoms with Crippen LogP contribution in [0.2, 0.25) is 0 Å². The van der Waals surface area contributed by atoms with E-state index in [4.69, 9.17) is 0 Å². The molecule has 1 heterocycles. The number of benzene rings is 1. The molecule has 2 N–H and O–H groups in total. The van der Waals surface area contributed by atoms with E-state index in [1.54, 1.807) is 35.6 Å². The van der Waals surface area contributed by atoms with E-state index in [1.807, 2.05) is 17.5 Å². The second kappa shape index (κ2) is 7.22. The first kappa shape index (κ1) is 16.2. The molecule has 1 aromatic carbocycles. The van der Waals surface area contributed by atoms with Crippen LogP contribution in [0.5, 0.6) is 0 Å². The van der Waals surface area contributed by atoms with Crippen molar-refractivity contribution < 1.29 is 9.59 Å². The van der Waals surface area contributed by atoms with E-state index >= 15 is 0 Å². The molecular weight excluding hydrogens is 296 g/mol. The van der Waals surface area contributed by atoms with Gasteiger partial charge in [0, 0.05) is 23.1 Å². The minimum absolute atomic E-state index is 0.00233. The quantitative estimate of drug-likeness (QED) is 0.880. The maximum Gasteiger partial charge on any atom is 0.251 e. The molecule has 0 saturated carbocycles. The summed E-state index contributed by atoms with van der Waals surface area (Å²) in [6.45, 7) is 5.63. The van der Waals surface area contributed by atoms with Crippen molar-refractivity contribution in [1.82, 2.24) is 5.32 Å². The zero-order valence-corrected chi connectivity index (χ0v) is 13.7. The molecule has 0 saturated heterocycles. The van der Waals surface area contributed by atoms with Crippen LogP contribution in [0, 0.1) is 5.92 Å². The molecule has 2 amide bonds. The molecule has 0 aliphatic heterocycles. The van der Waals surface area contributed by atoms with Crippen LogP contribution in [0.15, 0.2) is 41.8 Å². The van der Waals surface area contributed by atoms with Crippen molar-refractivity contribution in [2.45, 2.75) is 26.8 Å². The SMILES string of the molecule is CC(=O)Nc1ccc(C(=O)N[C@H](c2cccs2)C(C)C)cc1. The first-order valence-corrected chi connectivity index (χ1v) is 8.07. The highest BCUT2D eigenvalue weighted by Crippen LogP contribution is 2.26. The molecule has 0 aliphatic rings. The molecule has 0 aliphatic carbocycles. The van der Waals surface area contributed by atoms with E-state index in [-0.39, 0.29) is 17.9 Å². The third kappa shape index (κ3) is 4.18. The van der Waals surface area contributed by atoms with Gasteiger partial charge in [0.25, 0.3) is 5.91 Å². The van der Waals surface area contributed by atoms with Crippen molar-refractivity contribution in [3.63, 3.8) is 0 Å². The van der Waals surface area contributed by atoms with Crippen LogP contribution in [0.3, 0.4) is 0 Å². The molecule has 4 nitrogen and oxygen atoms in total. The first-order valence-electron chi connectivity index (χ1n) is 7.19. The topological polar surface area (TPSA) is 58.2 Å². The highest BCUT2D eigenvalue weighted by Gasteiger charge is 2.19. The fourth-order valence-corrected chi connectivity index (χ4v) is 3.12. The molecule has 0 bridgehead atoms. The van der Waals surface area contributed by atoms with Crippen LogP contribution in [0.25, 0.3) is 0 Å². The molecule has 0 unspecified atom stereocenters. The highest BCUT2D eigenvalue weighted by atomic mass is 32.1. The minimum Gasteiger partial charge on any atom is -0.344 e. The second-order valence-electron chi connectivity index (χ2n) is 5.47. The van der Waals surface area contributed by atoms with Crippen LogP contribution < -0.4 is 10.6 Å². The van der Waals surface area contributed by atoms with Crippen LogP contribution in [-0.2, 0) is 4.79 Å². The lowest BCUT2D eigenvalue weighted by molar-refractivity contribution is -0.114. The average Bonchev–Trinajstić information content (AvgIpc) is 2.98. The van der Waals surface area contributed by atoms with Crippen molar-refractivity contribution in [3.8, 4) is 0 Å². The standard InChI is InChI=1S/C17H20N2O2S/c1-11(2)16(15-5-4-10-22-15)19-17(21)13-6-8-14(9-7-13)18-12(3)20/h4-11,16H,1-3H3,(H,18,20)(H,19,21)/t16-/m0/s1. The second-order valence-corrected chi connectivity index (χ2v) is 6.45. The van der Waals surface area contributed by atoms with Gasteiger partial charge in [0.15, 0.2) is 0 Å². The van der Waals surface area contributed by atoms with Gasteiger partial charge in [-0.3, -0.25) is 9.59 Å². The van der Waals surface area contributed by atoms with Gasteiger partial charge in [0.2, 0.25) is 5.91 Å². The Labute approximate surface area is 134 Å². The van der Waals surface area contributed by atoms with Crippen molar-refractivity contribution in [2.75, 3.05) is 5.32 Å². The largest absolute Gasteiger partial charge is 0.344 e. The maximum absolute atomic E-state index is 12.4. The fourth-order valence-electron chi connectivity index (χ4n) is 2.17. The molecule has 0 radical (unpaired) electrons. The minimum atomic E-state index is -0.130. The number of anilines is 1. The van der Waals surface area contributed by atoms with E-state index in [2.05, 4.69) is 24.5 Å². The van der Waals surface area contributed by atoms with Gasteiger partial charge in [-0.2, -0.15) is 0 Å². The summed E-state index contributed by atoms with van der Waals surface area (Å²) >= 11 is 1.64. The van der Waals surface area contributed by atoms with Gasteiger partial charge in [-0.15, -0.1) is 11.3 Å². The Morgan fingerprint density at radius 2 is 1.77 bits per heavy atom. The summed E-state index contributed by atoms with van der Waals surface area (Å²) in [7, 11) is 0. The zero-order valence-electron chi connectivity index (χ0n) is 12.9. The summed E-state index contributed by atoms with van der Waals surface area (Å²) in [6, 6.07) is 10.9. The maximum atomic E-state index is 12.4. The molecule has 1 atom stereocenters. The monoisotopic (exact) mass is 316 g/mol. The molecule has 0 fully saturated rings. The summed E-state index contributed by atoms with van der Waals surface area (Å²) in [5.41, 5.74) is 1.26. The van der Waals surface area contributed by atoms with E-state index in [0.29, 0.717) is 17.2 Å². The van der Waals surface area contributed by atoms with Gasteiger partial charge >= 0.3 is 0 Å². The lowest BCUT2D eigenvalue weighted by Gasteiger charge is -2.21. The lowest BCUT2D eigenvalue weighted by atomic mass is 10.0. The lowest BCUT2D eigenvalue weighted by Crippen LogP contribution is -2.31. The number of rotatable bonds is 5. The Balaban J connectivity index is 2.09. The summed E-state index contributed by atoms with van der Waals surface area (Å²) in [5, 5.41) is 7.78. The third-order valence-electron chi connectivity index (χ3n) is 3.27. The van der Waals surface area contributed by atoms with E-state index in [0.717, 1.165) is 4.88 Å². The van der Waals surface area contributed by atoms with Gasteiger partial charge in [-0.1, -0.05) is 19.9 Å². The van der Waals surface area contributed by atoms with Crippen LogP contribution in [0.4, 0.5) is 5.69 Å². The molecule has 116 valence electrons. The van der Waals surface area contributed by atoms with Gasteiger partial charge in [-0.05, 0) is 41.6 Å². The summed E-state index contributed by atoms with van der Waals surface area (Å²) < 4.78 is 0. The summed E-state index contributed by atoms with van der Waals surface area (Å²) in [5.74, 6) is 0.0671. The molecule has 5 heteroatoms. The smallest absolute Gasteiger partial charge is 0.251 e. The van der Waals surface area contributed by atoms with E-state index in [1.165, 1.54) is 6.92 Å². The van der Waals surface area contributed by atoms with Crippen LogP contribution in [0.1, 0.15) is 42.0 Å². The van der Waals surface area contributed by atoms with Crippen molar-refractivity contribution >= 4 is 28.8 Å². The molecule has 2 aromatic rings. The summed E-state index contributed by atoms with van der Waals surface area (Å²) in [6.07, 6.45) is 0. The number of thiophene rings is 1. The Morgan fingerprint density at radius 3 is 2.27 bits per heavy atom. The Bertz CT molecular complexity index is 633. The number of amides is 2. The molecule has 0 spiro atoms. The number of carbonyl (C=O) groups is 2. The Kier molecular flexibility index (Phi) is 5.33. The zero-order chi connectivity index (χ0) is 16.1. The number of carbonyl (C=O) groups excluding carboxylic acids is 2. The van der Waals surface area contributed by atoms with E-state index < -0.39 is 0 Å². The fraction of sp³-hybridized carbons (Fsp3) is 0.294. The van der Waals surface area contributed by atoms with Gasteiger partial charge in [0.1, 0.15) is 0 Å². The Morgan fingerprint density at radius 1 is 1.09 bits per heavy atom. The molecule has 2 rings (SSSR count). The average molecular weight is 316 g/mol. The molecule has 1 aromatic heterocycles. The highest BCUT2D eigenvalue weighted by molar-refractivity contribution is 7.10. The van der Waals surface area contributed by atoms with Crippen LogP contribution >= 0.6 is 11.3 Å². The molecular formula is C17H20N2O2S. The number of nitrogens with one attached hydrogen (secondary N) is 2. The predicted molar refractivity (Wildman–Crippen MR) is 90.1 cm³/mol. The van der Waals surface area contributed by atoms with Crippen molar-refractivity contribution in [3.05, 3.63) is 52.2 Å². The van der Waals surface area contributed by atoms with Crippen LogP contribution in [-0.4, -0.2) is 11.8 Å². The van der Waals surface area contributed by atoms with Crippen molar-refractivity contribution in [1.29, 1.82) is 0 Å².